The van der Waals surface area contributed by atoms with E-state index in [1.54, 1.807) is 0 Å². The van der Waals surface area contributed by atoms with Gasteiger partial charge < -0.3 is 20.3 Å². The van der Waals surface area contributed by atoms with Crippen molar-refractivity contribution in [2.45, 2.75) is 405 Å². The molecule has 0 aromatic carbocycles. The average Bonchev–Trinajstić information content (AvgIpc) is 3.39. The highest BCUT2D eigenvalue weighted by molar-refractivity contribution is 5.76. The lowest BCUT2D eigenvalue weighted by molar-refractivity contribution is -0.143. The molecule has 0 aliphatic carbocycles. The zero-order chi connectivity index (χ0) is 52.9. The molecule has 73 heavy (non-hydrogen) atoms. The van der Waals surface area contributed by atoms with Gasteiger partial charge in [0.15, 0.2) is 0 Å². The van der Waals surface area contributed by atoms with E-state index in [1.807, 2.05) is 0 Å². The maximum absolute atomic E-state index is 12.5. The lowest BCUT2D eigenvalue weighted by atomic mass is 10.0. The van der Waals surface area contributed by atoms with Crippen LogP contribution in [0, 0.1) is 0 Å². The van der Waals surface area contributed by atoms with Gasteiger partial charge in [0.1, 0.15) is 0 Å². The van der Waals surface area contributed by atoms with E-state index in [0.29, 0.717) is 25.9 Å². The maximum atomic E-state index is 12.5. The number of carbonyl (C=O) groups excluding carboxylic acids is 2. The van der Waals surface area contributed by atoms with Crippen LogP contribution in [-0.2, 0) is 14.3 Å². The van der Waals surface area contributed by atoms with Crippen molar-refractivity contribution in [1.82, 2.24) is 5.32 Å². The Bertz CT molecular complexity index is 1050. The Morgan fingerprint density at radius 3 is 0.836 bits per heavy atom. The lowest BCUT2D eigenvalue weighted by Crippen LogP contribution is -2.45. The summed E-state index contributed by atoms with van der Waals surface area (Å²) in [5.74, 6) is -0.00908. The highest BCUT2D eigenvalue weighted by atomic mass is 16.5. The Labute approximate surface area is 457 Å². The molecule has 2 atom stereocenters. The predicted octanol–water partition coefficient (Wildman–Crippen LogP) is 21.4. The fourth-order valence-electron chi connectivity index (χ4n) is 11.0. The number of unbranched alkanes of at least 4 members (excludes halogenated alkanes) is 53. The van der Waals surface area contributed by atoms with Gasteiger partial charge in [-0.15, -0.1) is 0 Å². The first-order chi connectivity index (χ1) is 36.0. The summed E-state index contributed by atoms with van der Waals surface area (Å²) < 4.78 is 5.49. The van der Waals surface area contributed by atoms with Crippen LogP contribution in [0.3, 0.4) is 0 Å². The first-order valence-electron chi connectivity index (χ1n) is 33.8. The summed E-state index contributed by atoms with van der Waals surface area (Å²) in [6, 6.07) is -0.539. The standard InChI is InChI=1S/C67H133NO5/c1-3-5-7-9-11-13-15-17-19-29-32-35-39-43-47-51-55-59-65(70)64(63-69)68-66(71)60-56-52-48-44-40-36-33-30-27-25-23-21-20-22-24-26-28-31-34-38-42-46-50-54-58-62-73-67(72)61-57-53-49-45-41-37-18-16-14-12-10-8-6-4-2/h64-65,69-70H,3-63H2,1-2H3,(H,68,71). The molecule has 0 aromatic rings. The lowest BCUT2D eigenvalue weighted by Gasteiger charge is -2.22. The number of rotatable bonds is 64. The molecule has 0 aromatic heterocycles. The molecular weight excluding hydrogens is 899 g/mol. The zero-order valence-electron chi connectivity index (χ0n) is 49.9. The van der Waals surface area contributed by atoms with Crippen molar-refractivity contribution in [1.29, 1.82) is 0 Å². The molecule has 0 aliphatic heterocycles. The third-order valence-electron chi connectivity index (χ3n) is 16.2. The number of amides is 1. The average molecular weight is 1030 g/mol. The quantitative estimate of drug-likeness (QED) is 0.0417. The Kier molecular flexibility index (Phi) is 62.4. The fraction of sp³-hybridized carbons (Fsp3) is 0.970. The zero-order valence-corrected chi connectivity index (χ0v) is 49.9. The second-order valence-electron chi connectivity index (χ2n) is 23.5. The summed E-state index contributed by atoms with van der Waals surface area (Å²) in [6.45, 7) is 5.00. The molecule has 6 nitrogen and oxygen atoms in total. The maximum Gasteiger partial charge on any atom is 0.305 e. The third kappa shape index (κ3) is 60.0. The SMILES string of the molecule is CCCCCCCCCCCCCCCCCCCC(O)C(CO)NC(=O)CCCCCCCCCCCCCCCCCCCCCCCCCCCOC(=O)CCCCCCCCCCCCCCCC. The molecule has 2 unspecified atom stereocenters. The van der Waals surface area contributed by atoms with E-state index in [9.17, 15) is 19.8 Å². The van der Waals surface area contributed by atoms with Gasteiger partial charge in [0.2, 0.25) is 5.91 Å². The molecule has 0 spiro atoms. The second kappa shape index (κ2) is 63.4. The second-order valence-corrected chi connectivity index (χ2v) is 23.5. The van der Waals surface area contributed by atoms with E-state index in [-0.39, 0.29) is 18.5 Å². The minimum Gasteiger partial charge on any atom is -0.466 e. The molecule has 0 fully saturated rings. The van der Waals surface area contributed by atoms with E-state index in [2.05, 4.69) is 19.2 Å². The first kappa shape index (κ1) is 71.9. The molecular formula is C67H133NO5. The Balaban J connectivity index is 3.34. The molecule has 0 radical (unpaired) electrons. The predicted molar refractivity (Wildman–Crippen MR) is 320 cm³/mol. The highest BCUT2D eigenvalue weighted by Crippen LogP contribution is 2.19. The number of hydrogen-bond acceptors (Lipinski definition) is 5. The van der Waals surface area contributed by atoms with E-state index < -0.39 is 12.1 Å². The van der Waals surface area contributed by atoms with Crippen LogP contribution in [0.4, 0.5) is 0 Å². The topological polar surface area (TPSA) is 95.9 Å². The number of nitrogens with one attached hydrogen (secondary N) is 1. The van der Waals surface area contributed by atoms with Crippen molar-refractivity contribution in [2.75, 3.05) is 13.2 Å². The highest BCUT2D eigenvalue weighted by Gasteiger charge is 2.20. The molecule has 0 rings (SSSR count). The molecule has 0 aliphatic rings. The van der Waals surface area contributed by atoms with Gasteiger partial charge >= 0.3 is 5.97 Å². The van der Waals surface area contributed by atoms with Gasteiger partial charge in [-0.1, -0.05) is 354 Å². The van der Waals surface area contributed by atoms with Gasteiger partial charge in [0.05, 0.1) is 25.4 Å². The molecule has 1 amide bonds. The number of esters is 1. The van der Waals surface area contributed by atoms with Crippen molar-refractivity contribution in [3.63, 3.8) is 0 Å². The van der Waals surface area contributed by atoms with Gasteiger partial charge in [0.25, 0.3) is 0 Å². The summed E-state index contributed by atoms with van der Waals surface area (Å²) in [4.78, 5) is 24.6. The van der Waals surface area contributed by atoms with Crippen LogP contribution in [0.1, 0.15) is 393 Å². The molecule has 0 bridgehead atoms. The van der Waals surface area contributed by atoms with Crippen molar-refractivity contribution in [3.8, 4) is 0 Å². The fourth-order valence-corrected chi connectivity index (χ4v) is 11.0. The Morgan fingerprint density at radius 1 is 0.329 bits per heavy atom. The van der Waals surface area contributed by atoms with Crippen LogP contribution in [0.15, 0.2) is 0 Å². The van der Waals surface area contributed by atoms with Crippen LogP contribution in [0.2, 0.25) is 0 Å². The number of aliphatic hydroxyl groups is 2. The van der Waals surface area contributed by atoms with E-state index >= 15 is 0 Å². The Morgan fingerprint density at radius 2 is 0.562 bits per heavy atom. The largest absolute Gasteiger partial charge is 0.466 e. The van der Waals surface area contributed by atoms with Gasteiger partial charge in [-0.25, -0.2) is 0 Å². The van der Waals surface area contributed by atoms with Crippen LogP contribution in [0.5, 0.6) is 0 Å². The molecule has 0 saturated carbocycles. The van der Waals surface area contributed by atoms with Crippen LogP contribution in [-0.4, -0.2) is 47.4 Å². The smallest absolute Gasteiger partial charge is 0.305 e. The number of hydrogen-bond donors (Lipinski definition) is 3. The molecule has 0 heterocycles. The minimum atomic E-state index is -0.662. The van der Waals surface area contributed by atoms with E-state index in [0.717, 1.165) is 38.5 Å². The Hall–Kier alpha value is -1.14. The normalized spacial score (nSPS) is 12.4. The number of ether oxygens (including phenoxy) is 1. The minimum absolute atomic E-state index is 0.0199. The third-order valence-corrected chi connectivity index (χ3v) is 16.2. The van der Waals surface area contributed by atoms with Crippen molar-refractivity contribution < 1.29 is 24.5 Å². The monoisotopic (exact) mass is 1030 g/mol. The first-order valence-corrected chi connectivity index (χ1v) is 33.8. The summed E-state index contributed by atoms with van der Waals surface area (Å²) in [7, 11) is 0. The number of aliphatic hydroxyl groups excluding tert-OH is 2. The summed E-state index contributed by atoms with van der Waals surface area (Å²) >= 11 is 0. The van der Waals surface area contributed by atoms with Crippen molar-refractivity contribution in [3.05, 3.63) is 0 Å². The van der Waals surface area contributed by atoms with Gasteiger partial charge in [0, 0.05) is 12.8 Å². The van der Waals surface area contributed by atoms with E-state index in [4.69, 9.17) is 4.74 Å². The summed E-state index contributed by atoms with van der Waals surface area (Å²) in [5, 5.41) is 23.4. The van der Waals surface area contributed by atoms with Crippen molar-refractivity contribution >= 4 is 11.9 Å². The van der Waals surface area contributed by atoms with Crippen LogP contribution >= 0.6 is 0 Å². The summed E-state index contributed by atoms with van der Waals surface area (Å²) in [5.41, 5.74) is 0. The molecule has 6 heteroatoms. The van der Waals surface area contributed by atoms with E-state index in [1.165, 1.54) is 321 Å². The van der Waals surface area contributed by atoms with Crippen molar-refractivity contribution in [2.24, 2.45) is 0 Å². The van der Waals surface area contributed by atoms with Gasteiger partial charge in [-0.05, 0) is 25.7 Å². The van der Waals surface area contributed by atoms with Crippen LogP contribution < -0.4 is 5.32 Å². The molecule has 0 saturated heterocycles. The molecule has 3 N–H and O–H groups in total. The van der Waals surface area contributed by atoms with Gasteiger partial charge in [-0.2, -0.15) is 0 Å². The van der Waals surface area contributed by atoms with Crippen LogP contribution in [0.25, 0.3) is 0 Å². The number of carbonyl (C=O) groups is 2. The molecule has 436 valence electrons. The summed E-state index contributed by atoms with van der Waals surface area (Å²) in [6.07, 6.45) is 75.6. The van der Waals surface area contributed by atoms with Gasteiger partial charge in [-0.3, -0.25) is 9.59 Å².